The first-order valence-corrected chi connectivity index (χ1v) is 12.6. The molecule has 0 saturated carbocycles. The Labute approximate surface area is 221 Å². The highest BCUT2D eigenvalue weighted by atomic mass is 35.5. The van der Waals surface area contributed by atoms with Crippen LogP contribution in [0, 0.1) is 0 Å². The Kier molecular flexibility index (Phi) is 8.32. The number of hydrogen-bond donors (Lipinski definition) is 2. The zero-order valence-corrected chi connectivity index (χ0v) is 21.3. The first-order chi connectivity index (χ1) is 17.9. The van der Waals surface area contributed by atoms with E-state index in [2.05, 4.69) is 15.8 Å². The summed E-state index contributed by atoms with van der Waals surface area (Å²) in [5, 5.41) is 6.84. The summed E-state index contributed by atoms with van der Waals surface area (Å²) in [6.45, 7) is 1.89. The van der Waals surface area contributed by atoms with Crippen molar-refractivity contribution in [3.8, 4) is 5.75 Å². The number of hydrogen-bond acceptors (Lipinski definition) is 8. The normalized spacial score (nSPS) is 12.2. The summed E-state index contributed by atoms with van der Waals surface area (Å²) in [5.41, 5.74) is 3.88. The molecule has 11 heteroatoms. The molecule has 1 aliphatic carbocycles. The predicted octanol–water partition coefficient (Wildman–Crippen LogP) is 4.37. The van der Waals surface area contributed by atoms with Crippen LogP contribution in [0.25, 0.3) is 0 Å². The van der Waals surface area contributed by atoms with Gasteiger partial charge in [0.15, 0.2) is 0 Å². The number of carbonyl (C=O) groups excluding carboxylic acids is 4. The third kappa shape index (κ3) is 6.04. The number of nitrogens with zero attached hydrogens (tertiary/aromatic N) is 1. The summed E-state index contributed by atoms with van der Waals surface area (Å²) < 4.78 is 10.6. The van der Waals surface area contributed by atoms with E-state index in [1.54, 1.807) is 49.4 Å². The summed E-state index contributed by atoms with van der Waals surface area (Å²) in [6.07, 6.45) is 3.68. The highest BCUT2D eigenvalue weighted by Crippen LogP contribution is 2.39. The summed E-state index contributed by atoms with van der Waals surface area (Å²) in [4.78, 5) is 50.8. The molecule has 0 fully saturated rings. The Hall–Kier alpha value is -4.02. The third-order valence-corrected chi connectivity index (χ3v) is 6.96. The number of esters is 2. The van der Waals surface area contributed by atoms with Gasteiger partial charge in [-0.3, -0.25) is 9.59 Å². The van der Waals surface area contributed by atoms with Gasteiger partial charge in [0.25, 0.3) is 0 Å². The van der Waals surface area contributed by atoms with Crippen molar-refractivity contribution in [3.63, 3.8) is 0 Å². The maximum Gasteiger partial charge on any atom is 0.345 e. The van der Waals surface area contributed by atoms with Gasteiger partial charge >= 0.3 is 23.8 Å². The molecule has 9 nitrogen and oxygen atoms in total. The van der Waals surface area contributed by atoms with Gasteiger partial charge in [-0.05, 0) is 56.0 Å². The fraction of sp³-hybridized carbons (Fsp3) is 0.192. The van der Waals surface area contributed by atoms with Gasteiger partial charge in [0.1, 0.15) is 10.8 Å². The maximum atomic E-state index is 12.5. The number of rotatable bonds is 7. The van der Waals surface area contributed by atoms with Crippen molar-refractivity contribution >= 4 is 57.9 Å². The van der Waals surface area contributed by atoms with Crippen molar-refractivity contribution in [1.82, 2.24) is 5.43 Å². The lowest BCUT2D eigenvalue weighted by molar-refractivity contribution is -0.136. The van der Waals surface area contributed by atoms with Gasteiger partial charge in [0.05, 0.1) is 29.0 Å². The van der Waals surface area contributed by atoms with Crippen molar-refractivity contribution < 1.29 is 28.7 Å². The molecule has 0 aliphatic heterocycles. The first-order valence-electron chi connectivity index (χ1n) is 11.4. The fourth-order valence-electron chi connectivity index (χ4n) is 3.74. The molecule has 1 heterocycles. The standard InChI is InChI=1S/C26H22ClN3O6S/c1-2-35-26(34)21-17-10-7-13-20(17)37-24(21)29-22(31)23(32)30-28-14-15-8-3-6-12-19(15)36-25(33)16-9-4-5-11-18(16)27/h3-6,8-9,11-12,14H,2,7,10,13H2,1H3,(H,29,31)(H,30,32)/b28-14+. The molecule has 0 bridgehead atoms. The lowest BCUT2D eigenvalue weighted by Gasteiger charge is -2.08. The van der Waals surface area contributed by atoms with E-state index in [-0.39, 0.29) is 27.9 Å². The van der Waals surface area contributed by atoms with E-state index >= 15 is 0 Å². The fourth-order valence-corrected chi connectivity index (χ4v) is 5.23. The number of hydrazone groups is 1. The predicted molar refractivity (Wildman–Crippen MR) is 140 cm³/mol. The van der Waals surface area contributed by atoms with Crippen molar-refractivity contribution in [2.45, 2.75) is 26.2 Å². The number of fused-ring (bicyclic) bond motifs is 1. The molecule has 2 amide bonds. The number of halogens is 1. The summed E-state index contributed by atoms with van der Waals surface area (Å²) in [5.74, 6) is -3.03. The van der Waals surface area contributed by atoms with Crippen LogP contribution in [0.1, 0.15) is 50.1 Å². The van der Waals surface area contributed by atoms with Gasteiger partial charge in [0, 0.05) is 10.4 Å². The average molecular weight is 540 g/mol. The largest absolute Gasteiger partial charge is 0.462 e. The Balaban J connectivity index is 1.41. The van der Waals surface area contributed by atoms with Crippen LogP contribution in [-0.2, 0) is 27.2 Å². The molecule has 2 N–H and O–H groups in total. The monoisotopic (exact) mass is 539 g/mol. The van der Waals surface area contributed by atoms with Gasteiger partial charge in [0.2, 0.25) is 0 Å². The van der Waals surface area contributed by atoms with Crippen LogP contribution in [-0.4, -0.2) is 36.6 Å². The molecule has 0 saturated heterocycles. The van der Waals surface area contributed by atoms with E-state index in [0.29, 0.717) is 17.5 Å². The topological polar surface area (TPSA) is 123 Å². The van der Waals surface area contributed by atoms with E-state index in [1.807, 2.05) is 0 Å². The van der Waals surface area contributed by atoms with Gasteiger partial charge < -0.3 is 14.8 Å². The smallest absolute Gasteiger partial charge is 0.345 e. The van der Waals surface area contributed by atoms with Gasteiger partial charge in [-0.1, -0.05) is 35.9 Å². The van der Waals surface area contributed by atoms with E-state index in [0.717, 1.165) is 23.3 Å². The Bertz CT molecular complexity index is 1400. The lowest BCUT2D eigenvalue weighted by atomic mass is 10.1. The first kappa shape index (κ1) is 26.1. The number of thiophene rings is 1. The highest BCUT2D eigenvalue weighted by Gasteiger charge is 2.29. The number of carbonyl (C=O) groups is 4. The number of nitrogens with one attached hydrogen (secondary N) is 2. The molecule has 0 atom stereocenters. The molecule has 0 spiro atoms. The SMILES string of the molecule is CCOC(=O)c1c(NC(=O)C(=O)N/N=C/c2ccccc2OC(=O)c2ccccc2Cl)sc2c1CCC2. The van der Waals surface area contributed by atoms with Crippen molar-refractivity contribution in [2.24, 2.45) is 5.10 Å². The van der Waals surface area contributed by atoms with E-state index in [9.17, 15) is 19.2 Å². The van der Waals surface area contributed by atoms with E-state index in [1.165, 1.54) is 23.6 Å². The summed E-state index contributed by atoms with van der Waals surface area (Å²) in [6, 6.07) is 13.0. The van der Waals surface area contributed by atoms with Crippen molar-refractivity contribution in [3.05, 3.63) is 80.7 Å². The minimum absolute atomic E-state index is 0.182. The molecular weight excluding hydrogens is 518 g/mol. The number of amides is 2. The molecule has 4 rings (SSSR count). The quantitative estimate of drug-likeness (QED) is 0.151. The van der Waals surface area contributed by atoms with Crippen LogP contribution in [0.4, 0.5) is 5.00 Å². The second-order valence-corrected chi connectivity index (χ2v) is 9.35. The molecule has 1 aliphatic rings. The molecule has 190 valence electrons. The molecule has 37 heavy (non-hydrogen) atoms. The number of anilines is 1. The van der Waals surface area contributed by atoms with Crippen molar-refractivity contribution in [2.75, 3.05) is 11.9 Å². The van der Waals surface area contributed by atoms with E-state index < -0.39 is 23.8 Å². The van der Waals surface area contributed by atoms with Gasteiger partial charge in [-0.25, -0.2) is 15.0 Å². The van der Waals surface area contributed by atoms with Gasteiger partial charge in [-0.15, -0.1) is 11.3 Å². The minimum Gasteiger partial charge on any atom is -0.462 e. The second kappa shape index (κ2) is 11.8. The van der Waals surface area contributed by atoms with Crippen LogP contribution < -0.4 is 15.5 Å². The number of aryl methyl sites for hydroxylation is 1. The summed E-state index contributed by atoms with van der Waals surface area (Å²) >= 11 is 7.32. The average Bonchev–Trinajstić information content (AvgIpc) is 3.46. The van der Waals surface area contributed by atoms with E-state index in [4.69, 9.17) is 21.1 Å². The lowest BCUT2D eigenvalue weighted by Crippen LogP contribution is -2.32. The zero-order valence-electron chi connectivity index (χ0n) is 19.7. The van der Waals surface area contributed by atoms with Crippen LogP contribution in [0.15, 0.2) is 53.6 Å². The maximum absolute atomic E-state index is 12.5. The van der Waals surface area contributed by atoms with Crippen LogP contribution in [0.2, 0.25) is 5.02 Å². The van der Waals surface area contributed by atoms with Gasteiger partial charge in [-0.2, -0.15) is 5.10 Å². The van der Waals surface area contributed by atoms with Crippen molar-refractivity contribution in [1.29, 1.82) is 0 Å². The minimum atomic E-state index is -1.04. The zero-order chi connectivity index (χ0) is 26.4. The molecule has 0 radical (unpaired) electrons. The summed E-state index contributed by atoms with van der Waals surface area (Å²) in [7, 11) is 0. The van der Waals surface area contributed by atoms with Crippen LogP contribution >= 0.6 is 22.9 Å². The third-order valence-electron chi connectivity index (χ3n) is 5.42. The Morgan fingerprint density at radius 1 is 1.03 bits per heavy atom. The highest BCUT2D eigenvalue weighted by molar-refractivity contribution is 7.17. The molecular formula is C26H22ClN3O6S. The van der Waals surface area contributed by atoms with Crippen LogP contribution in [0.3, 0.4) is 0 Å². The Morgan fingerprint density at radius 3 is 2.57 bits per heavy atom. The number of para-hydroxylation sites is 1. The molecule has 2 aromatic carbocycles. The molecule has 0 unspecified atom stereocenters. The number of benzene rings is 2. The molecule has 3 aromatic rings. The molecule has 1 aromatic heterocycles. The second-order valence-electron chi connectivity index (χ2n) is 7.84. The number of ether oxygens (including phenoxy) is 2. The van der Waals surface area contributed by atoms with Crippen LogP contribution in [0.5, 0.6) is 5.75 Å². The Morgan fingerprint density at radius 2 is 1.78 bits per heavy atom.